The predicted molar refractivity (Wildman–Crippen MR) is 72.4 cm³/mol. The Morgan fingerprint density at radius 2 is 2.00 bits per heavy atom. The topological polar surface area (TPSA) is 26.3 Å². The van der Waals surface area contributed by atoms with Crippen molar-refractivity contribution < 1.29 is 9.53 Å². The minimum atomic E-state index is -2.05. The highest BCUT2D eigenvalue weighted by Gasteiger charge is 2.20. The fourth-order valence-corrected chi connectivity index (χ4v) is 2.71. The summed E-state index contributed by atoms with van der Waals surface area (Å²) in [5, 5.41) is 0. The normalized spacial score (nSPS) is 11.2. The average molecular weight is 283 g/mol. The third kappa shape index (κ3) is 9.25. The third-order valence-corrected chi connectivity index (χ3v) is 4.48. The van der Waals surface area contributed by atoms with E-state index in [1.165, 1.54) is 0 Å². The molecule has 0 radical (unpaired) electrons. The number of unbranched alkanes of at least 4 members (excludes halogenated alkanes) is 1. The molecular weight excluding hydrogens is 263 g/mol. The van der Waals surface area contributed by atoms with Crippen molar-refractivity contribution in [2.75, 3.05) is 6.61 Å². The molecule has 0 fully saturated rings. The second kappa shape index (κ2) is 8.15. The summed E-state index contributed by atoms with van der Waals surface area (Å²) in [5.41, 5.74) is 0.554. The van der Waals surface area contributed by atoms with Crippen molar-refractivity contribution in [3.05, 3.63) is 12.2 Å². The third-order valence-electron chi connectivity index (χ3n) is 2.11. The fraction of sp³-hybridized carbons (Fsp3) is 0.727. The molecule has 0 aromatic carbocycles. The quantitative estimate of drug-likeness (QED) is 0.219. The molecule has 0 heterocycles. The van der Waals surface area contributed by atoms with Gasteiger partial charge >= 0.3 is 5.97 Å². The monoisotopic (exact) mass is 282 g/mol. The van der Waals surface area contributed by atoms with Gasteiger partial charge in [0.2, 0.25) is 6.69 Å². The van der Waals surface area contributed by atoms with Crippen LogP contribution in [0, 0.1) is 0 Å². The highest BCUT2D eigenvalue weighted by Crippen LogP contribution is 2.21. The van der Waals surface area contributed by atoms with E-state index in [0.29, 0.717) is 18.6 Å². The van der Waals surface area contributed by atoms with Crippen molar-refractivity contribution in [2.24, 2.45) is 0 Å². The van der Waals surface area contributed by atoms with Gasteiger partial charge < -0.3 is 4.74 Å². The molecule has 0 aliphatic heterocycles. The van der Waals surface area contributed by atoms with E-state index in [2.05, 4.69) is 13.5 Å². The zero-order chi connectivity index (χ0) is 12.6. The summed E-state index contributed by atoms with van der Waals surface area (Å²) in [6, 6.07) is 0.741. The van der Waals surface area contributed by atoms with E-state index < -0.39 is 6.69 Å². The number of rotatable bonds is 8. The van der Waals surface area contributed by atoms with Gasteiger partial charge in [-0.05, 0) is 31.9 Å². The number of esters is 1. The molecule has 0 atom stereocenters. The van der Waals surface area contributed by atoms with Crippen LogP contribution in [0.25, 0.3) is 0 Å². The second-order valence-electron chi connectivity index (χ2n) is 4.02. The van der Waals surface area contributed by atoms with Gasteiger partial charge in [0.05, 0.1) is 6.61 Å². The maximum absolute atomic E-state index is 11.4. The standard InChI is InChI=1S/C11H20Cl2O2Si/c1-4-5-7-10(2)11(14)15-8-6-9-16(3,12)13/h2,4-9H2,1,3H3. The highest BCUT2D eigenvalue weighted by molar-refractivity contribution is 7.44. The Kier molecular flexibility index (Phi) is 8.15. The minimum absolute atomic E-state index is 0.291. The predicted octanol–water partition coefficient (Wildman–Crippen LogP) is 4.22. The molecule has 0 N–H and O–H groups in total. The van der Waals surface area contributed by atoms with Crippen molar-refractivity contribution in [3.63, 3.8) is 0 Å². The lowest BCUT2D eigenvalue weighted by atomic mass is 10.1. The molecule has 5 heteroatoms. The summed E-state index contributed by atoms with van der Waals surface area (Å²) in [7, 11) is 0. The minimum Gasteiger partial charge on any atom is -0.462 e. The molecule has 0 saturated heterocycles. The largest absolute Gasteiger partial charge is 0.462 e. The lowest BCUT2D eigenvalue weighted by molar-refractivity contribution is -0.139. The van der Waals surface area contributed by atoms with Gasteiger partial charge in [-0.1, -0.05) is 19.9 Å². The maximum Gasteiger partial charge on any atom is 0.333 e. The van der Waals surface area contributed by atoms with Crippen LogP contribution in [0.4, 0.5) is 0 Å². The van der Waals surface area contributed by atoms with Crippen LogP contribution in [0.1, 0.15) is 32.6 Å². The first kappa shape index (κ1) is 16.0. The van der Waals surface area contributed by atoms with Gasteiger partial charge in [-0.15, -0.1) is 22.2 Å². The first-order chi connectivity index (χ1) is 7.37. The van der Waals surface area contributed by atoms with Crippen LogP contribution in [0.2, 0.25) is 12.6 Å². The summed E-state index contributed by atoms with van der Waals surface area (Å²) in [6.07, 6.45) is 3.46. The Morgan fingerprint density at radius 3 is 2.50 bits per heavy atom. The molecule has 94 valence electrons. The molecule has 0 bridgehead atoms. The molecule has 0 aromatic rings. The van der Waals surface area contributed by atoms with Crippen LogP contribution in [-0.4, -0.2) is 19.3 Å². The molecule has 0 saturated carbocycles. The van der Waals surface area contributed by atoms with Gasteiger partial charge in [-0.25, -0.2) is 4.79 Å². The Morgan fingerprint density at radius 1 is 1.38 bits per heavy atom. The smallest absolute Gasteiger partial charge is 0.333 e. The van der Waals surface area contributed by atoms with Crippen LogP contribution >= 0.6 is 22.2 Å². The molecule has 0 amide bonds. The maximum atomic E-state index is 11.4. The molecule has 0 unspecified atom stereocenters. The van der Waals surface area contributed by atoms with Gasteiger partial charge in [0.25, 0.3) is 0 Å². The SMILES string of the molecule is C=C(CCCC)C(=O)OCCC[Si](C)(Cl)Cl. The second-order valence-corrected chi connectivity index (χ2v) is 12.2. The van der Waals surface area contributed by atoms with E-state index in [9.17, 15) is 4.79 Å². The summed E-state index contributed by atoms with van der Waals surface area (Å²) in [4.78, 5) is 11.4. The van der Waals surface area contributed by atoms with E-state index in [0.717, 1.165) is 25.3 Å². The number of ether oxygens (including phenoxy) is 1. The van der Waals surface area contributed by atoms with Crippen molar-refractivity contribution in [1.82, 2.24) is 0 Å². The van der Waals surface area contributed by atoms with Gasteiger partial charge in [-0.2, -0.15) is 0 Å². The van der Waals surface area contributed by atoms with Crippen LogP contribution in [-0.2, 0) is 9.53 Å². The molecule has 0 aliphatic rings. The van der Waals surface area contributed by atoms with Crippen molar-refractivity contribution in [3.8, 4) is 0 Å². The van der Waals surface area contributed by atoms with E-state index in [1.54, 1.807) is 0 Å². The van der Waals surface area contributed by atoms with E-state index in [-0.39, 0.29) is 5.97 Å². The zero-order valence-corrected chi connectivity index (χ0v) is 12.5. The number of halogens is 2. The summed E-state index contributed by atoms with van der Waals surface area (Å²) in [5.74, 6) is -0.291. The lowest BCUT2D eigenvalue weighted by Gasteiger charge is -2.10. The molecule has 0 spiro atoms. The van der Waals surface area contributed by atoms with Crippen LogP contribution < -0.4 is 0 Å². The van der Waals surface area contributed by atoms with Crippen LogP contribution in [0.5, 0.6) is 0 Å². The lowest BCUT2D eigenvalue weighted by Crippen LogP contribution is -2.15. The Labute approximate surface area is 108 Å². The molecule has 2 nitrogen and oxygen atoms in total. The van der Waals surface area contributed by atoms with Gasteiger partial charge in [0, 0.05) is 5.57 Å². The number of carbonyl (C=O) groups excluding carboxylic acids is 1. The van der Waals surface area contributed by atoms with Crippen molar-refractivity contribution in [2.45, 2.75) is 45.2 Å². The van der Waals surface area contributed by atoms with E-state index in [1.807, 2.05) is 6.55 Å². The zero-order valence-electron chi connectivity index (χ0n) is 10.0. The first-order valence-electron chi connectivity index (χ1n) is 5.59. The summed E-state index contributed by atoms with van der Waals surface area (Å²) < 4.78 is 5.06. The number of hydrogen-bond acceptors (Lipinski definition) is 2. The van der Waals surface area contributed by atoms with Crippen LogP contribution in [0.3, 0.4) is 0 Å². The fourth-order valence-electron chi connectivity index (χ4n) is 1.14. The van der Waals surface area contributed by atoms with Crippen molar-refractivity contribution in [1.29, 1.82) is 0 Å². The highest BCUT2D eigenvalue weighted by atomic mass is 35.7. The molecule has 0 rings (SSSR count). The Bertz CT molecular complexity index is 237. The number of hydrogen-bond donors (Lipinski definition) is 0. The summed E-state index contributed by atoms with van der Waals surface area (Å²) in [6.45, 7) is 5.97. The Balaban J connectivity index is 3.61. The summed E-state index contributed by atoms with van der Waals surface area (Å²) >= 11 is 11.9. The molecular formula is C11H20Cl2O2Si. The molecule has 0 aromatic heterocycles. The van der Waals surface area contributed by atoms with E-state index in [4.69, 9.17) is 26.9 Å². The molecule has 0 aliphatic carbocycles. The van der Waals surface area contributed by atoms with Gasteiger partial charge in [-0.3, -0.25) is 0 Å². The van der Waals surface area contributed by atoms with Crippen LogP contribution in [0.15, 0.2) is 12.2 Å². The first-order valence-corrected chi connectivity index (χ1v) is 10.3. The van der Waals surface area contributed by atoms with Crippen molar-refractivity contribution >= 4 is 34.8 Å². The Hall–Kier alpha value is 0.00688. The average Bonchev–Trinajstić information content (AvgIpc) is 2.19. The van der Waals surface area contributed by atoms with Gasteiger partial charge in [0.15, 0.2) is 0 Å². The van der Waals surface area contributed by atoms with E-state index >= 15 is 0 Å². The number of carbonyl (C=O) groups is 1. The molecule has 16 heavy (non-hydrogen) atoms. The van der Waals surface area contributed by atoms with Gasteiger partial charge in [0.1, 0.15) is 0 Å².